The molecule has 7 heteroatoms. The maximum Gasteiger partial charge on any atom is 0.261 e. The number of aromatic nitrogens is 1. The first-order valence-corrected chi connectivity index (χ1v) is 9.75. The zero-order valence-electron chi connectivity index (χ0n) is 13.6. The van der Waals surface area contributed by atoms with E-state index in [0.29, 0.717) is 5.02 Å². The van der Waals surface area contributed by atoms with Gasteiger partial charge in [0, 0.05) is 22.1 Å². The average molecular weight is 395 g/mol. The van der Waals surface area contributed by atoms with Crippen molar-refractivity contribution in [2.75, 3.05) is 4.72 Å². The molecule has 0 aliphatic carbocycles. The number of aryl methyl sites for hydroxylation is 2. The summed E-state index contributed by atoms with van der Waals surface area (Å²) in [5.41, 5.74) is 3.36. The maximum atomic E-state index is 12.6. The van der Waals surface area contributed by atoms with Crippen LogP contribution in [-0.4, -0.2) is 13.0 Å². The van der Waals surface area contributed by atoms with Crippen LogP contribution in [0, 0.1) is 13.8 Å². The summed E-state index contributed by atoms with van der Waals surface area (Å²) in [4.78, 5) is 0.157. The number of anilines is 1. The van der Waals surface area contributed by atoms with Crippen LogP contribution < -0.4 is 4.72 Å². The van der Waals surface area contributed by atoms with Crippen LogP contribution in [0.1, 0.15) is 11.4 Å². The maximum absolute atomic E-state index is 12.6. The monoisotopic (exact) mass is 394 g/mol. The molecule has 3 aromatic rings. The van der Waals surface area contributed by atoms with E-state index in [1.165, 1.54) is 12.1 Å². The minimum absolute atomic E-state index is 0.157. The lowest BCUT2D eigenvalue weighted by molar-refractivity contribution is 0.601. The molecule has 1 heterocycles. The number of halogens is 2. The van der Waals surface area contributed by atoms with Crippen LogP contribution in [0.25, 0.3) is 5.69 Å². The van der Waals surface area contributed by atoms with Gasteiger partial charge in [0.2, 0.25) is 0 Å². The van der Waals surface area contributed by atoms with E-state index < -0.39 is 10.0 Å². The van der Waals surface area contributed by atoms with Crippen LogP contribution in [0.2, 0.25) is 10.0 Å². The molecule has 0 aliphatic heterocycles. The van der Waals surface area contributed by atoms with Crippen molar-refractivity contribution in [3.63, 3.8) is 0 Å². The summed E-state index contributed by atoms with van der Waals surface area (Å²) in [7, 11) is -3.74. The molecule has 0 atom stereocenters. The van der Waals surface area contributed by atoms with Crippen molar-refractivity contribution in [2.45, 2.75) is 18.7 Å². The van der Waals surface area contributed by atoms with Crippen LogP contribution in [0.5, 0.6) is 0 Å². The average Bonchev–Trinajstić information content (AvgIpc) is 2.89. The number of nitrogens with one attached hydrogen (secondary N) is 1. The van der Waals surface area contributed by atoms with Gasteiger partial charge in [0.1, 0.15) is 0 Å². The lowest BCUT2D eigenvalue weighted by Gasteiger charge is -2.12. The molecule has 1 N–H and O–H groups in total. The fourth-order valence-corrected chi connectivity index (χ4v) is 4.22. The van der Waals surface area contributed by atoms with Gasteiger partial charge in [-0.3, -0.25) is 4.72 Å². The Morgan fingerprint density at radius 2 is 1.48 bits per heavy atom. The van der Waals surface area contributed by atoms with E-state index in [1.807, 2.05) is 26.0 Å². The lowest BCUT2D eigenvalue weighted by Crippen LogP contribution is -2.13. The van der Waals surface area contributed by atoms with Crippen molar-refractivity contribution < 1.29 is 8.42 Å². The highest BCUT2D eigenvalue weighted by atomic mass is 35.5. The van der Waals surface area contributed by atoms with E-state index in [9.17, 15) is 8.42 Å². The zero-order chi connectivity index (χ0) is 18.2. The van der Waals surface area contributed by atoms with Crippen LogP contribution in [0.4, 0.5) is 5.69 Å². The molecule has 1 aromatic heterocycles. The molecule has 0 bridgehead atoms. The highest BCUT2D eigenvalue weighted by molar-refractivity contribution is 7.92. The van der Waals surface area contributed by atoms with Crippen LogP contribution in [0.15, 0.2) is 59.5 Å². The molecule has 0 spiro atoms. The Bertz CT molecular complexity index is 1010. The van der Waals surface area contributed by atoms with Gasteiger partial charge in [-0.05, 0) is 68.4 Å². The summed E-state index contributed by atoms with van der Waals surface area (Å²) in [6.45, 7) is 4.00. The fraction of sp³-hybridized carbons (Fsp3) is 0.111. The third kappa shape index (κ3) is 3.68. The van der Waals surface area contributed by atoms with Gasteiger partial charge in [-0.1, -0.05) is 23.2 Å². The van der Waals surface area contributed by atoms with Crippen LogP contribution in [0.3, 0.4) is 0 Å². The van der Waals surface area contributed by atoms with E-state index in [1.54, 1.807) is 30.3 Å². The third-order valence-electron chi connectivity index (χ3n) is 3.85. The largest absolute Gasteiger partial charge is 0.319 e. The Morgan fingerprint density at radius 1 is 0.880 bits per heavy atom. The van der Waals surface area contributed by atoms with Crippen molar-refractivity contribution >= 4 is 38.9 Å². The van der Waals surface area contributed by atoms with Gasteiger partial charge >= 0.3 is 0 Å². The molecule has 0 amide bonds. The Morgan fingerprint density at radius 3 is 2.04 bits per heavy atom. The second-order valence-electron chi connectivity index (χ2n) is 5.68. The van der Waals surface area contributed by atoms with Crippen molar-refractivity contribution in [3.8, 4) is 5.69 Å². The summed E-state index contributed by atoms with van der Waals surface area (Å²) in [6, 6.07) is 15.3. The zero-order valence-corrected chi connectivity index (χ0v) is 16.0. The number of hydrogen-bond donors (Lipinski definition) is 1. The topological polar surface area (TPSA) is 51.1 Å². The fourth-order valence-electron chi connectivity index (χ4n) is 2.63. The smallest absolute Gasteiger partial charge is 0.261 e. The first kappa shape index (κ1) is 17.9. The quantitative estimate of drug-likeness (QED) is 0.660. The van der Waals surface area contributed by atoms with E-state index in [2.05, 4.69) is 9.29 Å². The van der Waals surface area contributed by atoms with Gasteiger partial charge in [-0.25, -0.2) is 8.42 Å². The normalized spacial score (nSPS) is 11.5. The number of benzene rings is 2. The highest BCUT2D eigenvalue weighted by Crippen LogP contribution is 2.28. The minimum Gasteiger partial charge on any atom is -0.319 e. The molecule has 3 rings (SSSR count). The molecular formula is C18H16Cl2N2O2S. The lowest BCUT2D eigenvalue weighted by atomic mass is 10.3. The molecular weight excluding hydrogens is 379 g/mol. The molecule has 0 fully saturated rings. The van der Waals surface area contributed by atoms with Crippen LogP contribution in [-0.2, 0) is 10.0 Å². The van der Waals surface area contributed by atoms with Crippen molar-refractivity contribution in [2.24, 2.45) is 0 Å². The van der Waals surface area contributed by atoms with Gasteiger partial charge in [0.15, 0.2) is 0 Å². The summed E-state index contributed by atoms with van der Waals surface area (Å²) >= 11 is 11.9. The molecule has 0 radical (unpaired) electrons. The van der Waals surface area contributed by atoms with Gasteiger partial charge in [-0.2, -0.15) is 0 Å². The molecule has 0 saturated carbocycles. The Kier molecular flexibility index (Phi) is 4.82. The predicted molar refractivity (Wildman–Crippen MR) is 103 cm³/mol. The second-order valence-corrected chi connectivity index (χ2v) is 8.20. The Balaban J connectivity index is 1.91. The standard InChI is InChI=1S/C18H16Cl2N2O2S/c1-12-3-4-13(2)22(12)15-6-8-16(9-7-15)25(23,24)21-18-10-5-14(19)11-17(18)20/h3-11,21H,1-2H3. The van der Waals surface area contributed by atoms with Gasteiger partial charge in [-0.15, -0.1) is 0 Å². The summed E-state index contributed by atoms with van der Waals surface area (Å²) < 4.78 is 29.7. The van der Waals surface area contributed by atoms with E-state index in [0.717, 1.165) is 17.1 Å². The van der Waals surface area contributed by atoms with Crippen molar-refractivity contribution in [1.29, 1.82) is 0 Å². The predicted octanol–water partition coefficient (Wildman–Crippen LogP) is 5.20. The van der Waals surface area contributed by atoms with Gasteiger partial charge < -0.3 is 4.57 Å². The molecule has 2 aromatic carbocycles. The van der Waals surface area contributed by atoms with E-state index >= 15 is 0 Å². The molecule has 0 saturated heterocycles. The first-order valence-electron chi connectivity index (χ1n) is 7.51. The van der Waals surface area contributed by atoms with E-state index in [-0.39, 0.29) is 15.6 Å². The second kappa shape index (κ2) is 6.75. The number of rotatable bonds is 4. The highest BCUT2D eigenvalue weighted by Gasteiger charge is 2.16. The van der Waals surface area contributed by atoms with Crippen molar-refractivity contribution in [1.82, 2.24) is 4.57 Å². The third-order valence-corrected chi connectivity index (χ3v) is 5.78. The van der Waals surface area contributed by atoms with E-state index in [4.69, 9.17) is 23.2 Å². The Hall–Kier alpha value is -1.95. The van der Waals surface area contributed by atoms with Crippen molar-refractivity contribution in [3.05, 3.63) is 76.0 Å². The first-order chi connectivity index (χ1) is 11.8. The molecule has 0 unspecified atom stereocenters. The molecule has 4 nitrogen and oxygen atoms in total. The summed E-state index contributed by atoms with van der Waals surface area (Å²) in [5.74, 6) is 0. The number of nitrogens with zero attached hydrogens (tertiary/aromatic N) is 1. The molecule has 130 valence electrons. The Labute approximate surface area is 157 Å². The summed E-state index contributed by atoms with van der Waals surface area (Å²) in [6.07, 6.45) is 0. The molecule has 0 aliphatic rings. The minimum atomic E-state index is -3.74. The SMILES string of the molecule is Cc1ccc(C)n1-c1ccc(S(=O)(=O)Nc2ccc(Cl)cc2Cl)cc1. The van der Waals surface area contributed by atoms with Gasteiger partial charge in [0.25, 0.3) is 10.0 Å². The summed E-state index contributed by atoms with van der Waals surface area (Å²) in [5, 5.41) is 0.682. The molecule has 25 heavy (non-hydrogen) atoms. The van der Waals surface area contributed by atoms with Crippen LogP contribution >= 0.6 is 23.2 Å². The van der Waals surface area contributed by atoms with Gasteiger partial charge in [0.05, 0.1) is 15.6 Å². The number of sulfonamides is 1. The number of hydrogen-bond acceptors (Lipinski definition) is 2.